The molecule has 0 radical (unpaired) electrons. The summed E-state index contributed by atoms with van der Waals surface area (Å²) in [4.78, 5) is 30.8. The number of nitrogens with one attached hydrogen (secondary N) is 1. The lowest BCUT2D eigenvalue weighted by molar-refractivity contribution is -0.132. The Hall–Kier alpha value is -2.76. The molecule has 1 aliphatic rings. The Morgan fingerprint density at radius 1 is 1.20 bits per heavy atom. The number of amides is 1. The quantitative estimate of drug-likeness (QED) is 0.795. The SMILES string of the molecule is O=C(CCc1nc2ccccc2[nH]1)N1CCC(c2cnccn2)CC1. The number of rotatable bonds is 4. The number of aromatic nitrogens is 4. The summed E-state index contributed by atoms with van der Waals surface area (Å²) >= 11 is 0. The summed E-state index contributed by atoms with van der Waals surface area (Å²) in [5.74, 6) is 1.50. The van der Waals surface area contributed by atoms with Gasteiger partial charge in [-0.25, -0.2) is 4.98 Å². The molecule has 1 fully saturated rings. The van der Waals surface area contributed by atoms with Crippen LogP contribution in [-0.4, -0.2) is 43.8 Å². The molecule has 1 N–H and O–H groups in total. The van der Waals surface area contributed by atoms with Crippen molar-refractivity contribution < 1.29 is 4.79 Å². The Kier molecular flexibility index (Phi) is 4.41. The van der Waals surface area contributed by atoms with Crippen LogP contribution in [0.25, 0.3) is 11.0 Å². The number of fused-ring (bicyclic) bond motifs is 1. The van der Waals surface area contributed by atoms with Gasteiger partial charge in [0.1, 0.15) is 5.82 Å². The van der Waals surface area contributed by atoms with Gasteiger partial charge in [0.05, 0.1) is 16.7 Å². The average Bonchev–Trinajstić information content (AvgIpc) is 3.10. The second kappa shape index (κ2) is 7.01. The molecule has 2 aromatic heterocycles. The van der Waals surface area contributed by atoms with Crippen molar-refractivity contribution in [3.8, 4) is 0 Å². The van der Waals surface area contributed by atoms with Crippen LogP contribution in [0, 0.1) is 0 Å². The molecule has 4 rings (SSSR count). The van der Waals surface area contributed by atoms with E-state index < -0.39 is 0 Å². The number of para-hydroxylation sites is 2. The van der Waals surface area contributed by atoms with E-state index in [2.05, 4.69) is 19.9 Å². The van der Waals surface area contributed by atoms with Crippen LogP contribution in [-0.2, 0) is 11.2 Å². The fraction of sp³-hybridized carbons (Fsp3) is 0.368. The number of benzene rings is 1. The fourth-order valence-electron chi connectivity index (χ4n) is 3.45. The van der Waals surface area contributed by atoms with Crippen LogP contribution in [0.3, 0.4) is 0 Å². The number of imidazole rings is 1. The summed E-state index contributed by atoms with van der Waals surface area (Å²) in [5.41, 5.74) is 3.02. The zero-order valence-electron chi connectivity index (χ0n) is 14.1. The van der Waals surface area contributed by atoms with Gasteiger partial charge in [0, 0.05) is 50.4 Å². The van der Waals surface area contributed by atoms with E-state index in [1.54, 1.807) is 12.4 Å². The van der Waals surface area contributed by atoms with Gasteiger partial charge in [0.25, 0.3) is 0 Å². The Morgan fingerprint density at radius 2 is 2.04 bits per heavy atom. The predicted molar refractivity (Wildman–Crippen MR) is 95.0 cm³/mol. The molecule has 0 saturated carbocycles. The number of hydrogen-bond acceptors (Lipinski definition) is 4. The summed E-state index contributed by atoms with van der Waals surface area (Å²) in [6.07, 6.45) is 8.32. The number of H-pyrrole nitrogens is 1. The van der Waals surface area contributed by atoms with E-state index in [4.69, 9.17) is 0 Å². The number of likely N-dealkylation sites (tertiary alicyclic amines) is 1. The number of nitrogens with zero attached hydrogens (tertiary/aromatic N) is 4. The maximum atomic E-state index is 12.5. The third kappa shape index (κ3) is 3.52. The molecule has 0 bridgehead atoms. The molecule has 0 aliphatic carbocycles. The van der Waals surface area contributed by atoms with E-state index in [1.165, 1.54) is 0 Å². The summed E-state index contributed by atoms with van der Waals surface area (Å²) in [7, 11) is 0. The molecule has 1 amide bonds. The lowest BCUT2D eigenvalue weighted by atomic mass is 9.93. The van der Waals surface area contributed by atoms with Crippen LogP contribution in [0.4, 0.5) is 0 Å². The molecule has 3 heterocycles. The van der Waals surface area contributed by atoms with Gasteiger partial charge in [-0.1, -0.05) is 12.1 Å². The van der Waals surface area contributed by atoms with Gasteiger partial charge in [0.2, 0.25) is 5.91 Å². The third-order valence-electron chi connectivity index (χ3n) is 4.86. The first-order valence-corrected chi connectivity index (χ1v) is 8.77. The number of carbonyl (C=O) groups excluding carboxylic acids is 1. The highest BCUT2D eigenvalue weighted by Crippen LogP contribution is 2.26. The van der Waals surface area contributed by atoms with Crippen molar-refractivity contribution in [2.75, 3.05) is 13.1 Å². The van der Waals surface area contributed by atoms with Gasteiger partial charge in [-0.15, -0.1) is 0 Å². The third-order valence-corrected chi connectivity index (χ3v) is 4.86. The predicted octanol–water partition coefficient (Wildman–Crippen LogP) is 2.69. The first-order chi connectivity index (χ1) is 12.3. The zero-order chi connectivity index (χ0) is 17.1. The molecule has 0 spiro atoms. The molecular formula is C19H21N5O. The minimum absolute atomic E-state index is 0.207. The summed E-state index contributed by atoms with van der Waals surface area (Å²) in [6.45, 7) is 1.58. The van der Waals surface area contributed by atoms with E-state index in [-0.39, 0.29) is 5.91 Å². The molecule has 1 aromatic carbocycles. The molecule has 128 valence electrons. The van der Waals surface area contributed by atoms with Crippen molar-refractivity contribution in [2.45, 2.75) is 31.6 Å². The second-order valence-corrected chi connectivity index (χ2v) is 6.49. The van der Waals surface area contributed by atoms with E-state index >= 15 is 0 Å². The monoisotopic (exact) mass is 335 g/mol. The molecule has 6 nitrogen and oxygen atoms in total. The molecule has 0 unspecified atom stereocenters. The normalized spacial score (nSPS) is 15.6. The topological polar surface area (TPSA) is 74.8 Å². The van der Waals surface area contributed by atoms with Crippen LogP contribution < -0.4 is 0 Å². The molecule has 1 aliphatic heterocycles. The van der Waals surface area contributed by atoms with Crippen LogP contribution in [0.15, 0.2) is 42.9 Å². The highest BCUT2D eigenvalue weighted by atomic mass is 16.2. The van der Waals surface area contributed by atoms with Gasteiger partial charge < -0.3 is 9.88 Å². The lowest BCUT2D eigenvalue weighted by Gasteiger charge is -2.31. The number of aromatic amines is 1. The van der Waals surface area contributed by atoms with Crippen LogP contribution >= 0.6 is 0 Å². The van der Waals surface area contributed by atoms with Gasteiger partial charge in [0.15, 0.2) is 0 Å². The molecule has 0 atom stereocenters. The second-order valence-electron chi connectivity index (χ2n) is 6.49. The first kappa shape index (κ1) is 15.7. The molecule has 25 heavy (non-hydrogen) atoms. The first-order valence-electron chi connectivity index (χ1n) is 8.77. The minimum atomic E-state index is 0.207. The van der Waals surface area contributed by atoms with Crippen molar-refractivity contribution in [2.24, 2.45) is 0 Å². The number of carbonyl (C=O) groups is 1. The summed E-state index contributed by atoms with van der Waals surface area (Å²) in [5, 5.41) is 0. The van der Waals surface area contributed by atoms with Gasteiger partial charge >= 0.3 is 0 Å². The van der Waals surface area contributed by atoms with Crippen LogP contribution in [0.1, 0.15) is 36.7 Å². The van der Waals surface area contributed by atoms with Gasteiger partial charge in [-0.3, -0.25) is 14.8 Å². The molecule has 6 heteroatoms. The Bertz CT molecular complexity index is 819. The van der Waals surface area contributed by atoms with Crippen molar-refractivity contribution in [1.29, 1.82) is 0 Å². The average molecular weight is 335 g/mol. The lowest BCUT2D eigenvalue weighted by Crippen LogP contribution is -2.38. The van der Waals surface area contributed by atoms with Gasteiger partial charge in [-0.05, 0) is 25.0 Å². The highest BCUT2D eigenvalue weighted by Gasteiger charge is 2.24. The maximum absolute atomic E-state index is 12.5. The molecular weight excluding hydrogens is 314 g/mol. The van der Waals surface area contributed by atoms with Crippen molar-refractivity contribution in [3.05, 3.63) is 54.4 Å². The largest absolute Gasteiger partial charge is 0.343 e. The number of aryl methyl sites for hydroxylation is 1. The van der Waals surface area contributed by atoms with Crippen LogP contribution in [0.5, 0.6) is 0 Å². The fourth-order valence-corrected chi connectivity index (χ4v) is 3.45. The Labute approximate surface area is 146 Å². The maximum Gasteiger partial charge on any atom is 0.223 e. The Morgan fingerprint density at radius 3 is 2.80 bits per heavy atom. The smallest absolute Gasteiger partial charge is 0.223 e. The number of piperidine rings is 1. The van der Waals surface area contributed by atoms with Gasteiger partial charge in [-0.2, -0.15) is 0 Å². The zero-order valence-corrected chi connectivity index (χ0v) is 14.1. The standard InChI is InChI=1S/C19H21N5O/c25-19(6-5-18-22-15-3-1-2-4-16(15)23-18)24-11-7-14(8-12-24)17-13-20-9-10-21-17/h1-4,9-10,13-14H,5-8,11-12H2,(H,22,23). The minimum Gasteiger partial charge on any atom is -0.343 e. The van der Waals surface area contributed by atoms with E-state index in [9.17, 15) is 4.79 Å². The molecule has 1 saturated heterocycles. The summed E-state index contributed by atoms with van der Waals surface area (Å²) < 4.78 is 0. The van der Waals surface area contributed by atoms with E-state index in [0.29, 0.717) is 18.8 Å². The number of hydrogen-bond donors (Lipinski definition) is 1. The van der Waals surface area contributed by atoms with Crippen LogP contribution in [0.2, 0.25) is 0 Å². The van der Waals surface area contributed by atoms with Crippen molar-refractivity contribution in [1.82, 2.24) is 24.8 Å². The van der Waals surface area contributed by atoms with Crippen molar-refractivity contribution >= 4 is 16.9 Å². The van der Waals surface area contributed by atoms with E-state index in [1.807, 2.05) is 35.4 Å². The van der Waals surface area contributed by atoms with E-state index in [0.717, 1.165) is 48.5 Å². The van der Waals surface area contributed by atoms with Crippen molar-refractivity contribution in [3.63, 3.8) is 0 Å². The summed E-state index contributed by atoms with van der Waals surface area (Å²) in [6, 6.07) is 7.94. The molecule has 3 aromatic rings. The highest BCUT2D eigenvalue weighted by molar-refractivity contribution is 5.77. The Balaban J connectivity index is 1.30.